The molecule has 0 fully saturated rings. The van der Waals surface area contributed by atoms with Crippen LogP contribution in [-0.2, 0) is 17.6 Å². The van der Waals surface area contributed by atoms with Gasteiger partial charge in [-0.2, -0.15) is 0 Å². The second kappa shape index (κ2) is 7.83. The highest BCUT2D eigenvalue weighted by Crippen LogP contribution is 2.37. The van der Waals surface area contributed by atoms with Crippen LogP contribution in [0.15, 0.2) is 47.4 Å². The normalized spacial score (nSPS) is 15.6. The molecule has 0 radical (unpaired) electrons. The van der Waals surface area contributed by atoms with Gasteiger partial charge in [0.2, 0.25) is 5.91 Å². The van der Waals surface area contributed by atoms with Crippen LogP contribution in [0.1, 0.15) is 11.1 Å². The summed E-state index contributed by atoms with van der Waals surface area (Å²) in [4.78, 5) is 15.8. The molecule has 1 amide bonds. The molecule has 0 unspecified atom stereocenters. The third-order valence-corrected chi connectivity index (χ3v) is 5.79. The average Bonchev–Trinajstić information content (AvgIpc) is 3.09. The van der Waals surface area contributed by atoms with Crippen molar-refractivity contribution in [2.24, 2.45) is 0 Å². The number of methoxy groups -OCH3 is 2. The minimum atomic E-state index is -0.00666. The topological polar surface area (TPSA) is 38.8 Å². The highest BCUT2D eigenvalue weighted by atomic mass is 32.2. The highest BCUT2D eigenvalue weighted by molar-refractivity contribution is 8.01. The number of benzene rings is 2. The summed E-state index contributed by atoms with van der Waals surface area (Å²) in [6, 6.07) is 14.2. The first kappa shape index (κ1) is 17.7. The van der Waals surface area contributed by atoms with Crippen molar-refractivity contribution in [2.45, 2.75) is 23.0 Å². The summed E-state index contributed by atoms with van der Waals surface area (Å²) in [5.74, 6) is 1.63. The van der Waals surface area contributed by atoms with Gasteiger partial charge in [0.05, 0.1) is 19.5 Å². The first-order chi connectivity index (χ1) is 12.1. The molecule has 25 heavy (non-hydrogen) atoms. The molecule has 1 aliphatic heterocycles. The van der Waals surface area contributed by atoms with E-state index in [-0.39, 0.29) is 11.2 Å². The van der Waals surface area contributed by atoms with Gasteiger partial charge in [-0.05, 0) is 42.2 Å². The molecule has 1 aliphatic rings. The van der Waals surface area contributed by atoms with E-state index in [0.717, 1.165) is 29.9 Å². The van der Waals surface area contributed by atoms with Crippen LogP contribution in [-0.4, -0.2) is 43.9 Å². The zero-order chi connectivity index (χ0) is 17.8. The Morgan fingerprint density at radius 3 is 2.64 bits per heavy atom. The number of amides is 1. The molecule has 4 nitrogen and oxygen atoms in total. The molecule has 2 aromatic carbocycles. The fraction of sp³-hybridized carbons (Fsp3) is 0.350. The summed E-state index contributed by atoms with van der Waals surface area (Å²) in [5, 5.41) is -0.00666. The second-order valence-electron chi connectivity index (χ2n) is 6.12. The van der Waals surface area contributed by atoms with Crippen molar-refractivity contribution in [1.29, 1.82) is 0 Å². The fourth-order valence-electron chi connectivity index (χ4n) is 3.01. The van der Waals surface area contributed by atoms with Crippen LogP contribution in [0.2, 0.25) is 0 Å². The quantitative estimate of drug-likeness (QED) is 0.794. The standard InChI is InChI=1S/C20H23NO3S/c1-21(11-10-14-8-9-16(23-2)17(12-14)24-3)20(22)19-13-15-6-4-5-7-18(15)25-19/h4-9,12,19H,10-11,13H2,1-3H3/t19-/m1/s1. The van der Waals surface area contributed by atoms with Gasteiger partial charge in [0.15, 0.2) is 11.5 Å². The Labute approximate surface area is 153 Å². The van der Waals surface area contributed by atoms with Gasteiger partial charge in [0, 0.05) is 18.5 Å². The lowest BCUT2D eigenvalue weighted by Crippen LogP contribution is -2.35. The lowest BCUT2D eigenvalue weighted by molar-refractivity contribution is -0.129. The van der Waals surface area contributed by atoms with Gasteiger partial charge >= 0.3 is 0 Å². The SMILES string of the molecule is COc1ccc(CCN(C)C(=O)[C@H]2Cc3ccccc3S2)cc1OC. The lowest BCUT2D eigenvalue weighted by Gasteiger charge is -2.20. The summed E-state index contributed by atoms with van der Waals surface area (Å²) in [7, 11) is 5.14. The van der Waals surface area contributed by atoms with Crippen LogP contribution in [0.4, 0.5) is 0 Å². The first-order valence-corrected chi connectivity index (χ1v) is 9.20. The van der Waals surface area contributed by atoms with Gasteiger partial charge in [-0.1, -0.05) is 24.3 Å². The molecule has 5 heteroatoms. The third-order valence-electron chi connectivity index (χ3n) is 4.48. The van der Waals surface area contributed by atoms with Crippen LogP contribution in [0, 0.1) is 0 Å². The highest BCUT2D eigenvalue weighted by Gasteiger charge is 2.29. The summed E-state index contributed by atoms with van der Waals surface area (Å²) in [5.41, 5.74) is 2.40. The summed E-state index contributed by atoms with van der Waals surface area (Å²) in [6.45, 7) is 0.682. The van der Waals surface area contributed by atoms with E-state index >= 15 is 0 Å². The van der Waals surface area contributed by atoms with Crippen LogP contribution in [0.3, 0.4) is 0 Å². The van der Waals surface area contributed by atoms with E-state index in [1.54, 1.807) is 26.0 Å². The zero-order valence-electron chi connectivity index (χ0n) is 14.8. The zero-order valence-corrected chi connectivity index (χ0v) is 15.6. The maximum atomic E-state index is 12.7. The Bertz CT molecular complexity index is 737. The predicted molar refractivity (Wildman–Crippen MR) is 101 cm³/mol. The van der Waals surface area contributed by atoms with E-state index in [4.69, 9.17) is 9.47 Å². The van der Waals surface area contributed by atoms with E-state index in [2.05, 4.69) is 12.1 Å². The smallest absolute Gasteiger partial charge is 0.236 e. The second-order valence-corrected chi connectivity index (χ2v) is 7.36. The Morgan fingerprint density at radius 1 is 1.16 bits per heavy atom. The molecule has 0 aromatic heterocycles. The van der Waals surface area contributed by atoms with Gasteiger partial charge < -0.3 is 14.4 Å². The van der Waals surface area contributed by atoms with Crippen molar-refractivity contribution in [1.82, 2.24) is 4.90 Å². The molecular weight excluding hydrogens is 334 g/mol. The number of thioether (sulfide) groups is 1. The number of carbonyl (C=O) groups is 1. The molecule has 0 saturated carbocycles. The Morgan fingerprint density at radius 2 is 1.92 bits per heavy atom. The van der Waals surface area contributed by atoms with Crippen LogP contribution < -0.4 is 9.47 Å². The molecule has 3 rings (SSSR count). The van der Waals surface area contributed by atoms with Crippen molar-refractivity contribution >= 4 is 17.7 Å². The lowest BCUT2D eigenvalue weighted by atomic mass is 10.1. The van der Waals surface area contributed by atoms with Crippen LogP contribution in [0.25, 0.3) is 0 Å². The van der Waals surface area contributed by atoms with E-state index in [1.165, 1.54) is 10.5 Å². The molecule has 0 N–H and O–H groups in total. The number of hydrogen-bond donors (Lipinski definition) is 0. The number of rotatable bonds is 6. The Kier molecular flexibility index (Phi) is 5.53. The molecule has 0 saturated heterocycles. The number of nitrogens with zero attached hydrogens (tertiary/aromatic N) is 1. The number of hydrogen-bond acceptors (Lipinski definition) is 4. The fourth-order valence-corrected chi connectivity index (χ4v) is 4.32. The molecule has 0 bridgehead atoms. The molecule has 1 atom stereocenters. The van der Waals surface area contributed by atoms with E-state index in [9.17, 15) is 4.79 Å². The van der Waals surface area contributed by atoms with Gasteiger partial charge in [-0.3, -0.25) is 4.79 Å². The molecular formula is C20H23NO3S. The third kappa shape index (κ3) is 3.93. The summed E-state index contributed by atoms with van der Waals surface area (Å²) >= 11 is 1.68. The maximum absolute atomic E-state index is 12.7. The van der Waals surface area contributed by atoms with Gasteiger partial charge in [-0.25, -0.2) is 0 Å². The molecule has 1 heterocycles. The first-order valence-electron chi connectivity index (χ1n) is 8.33. The van der Waals surface area contributed by atoms with Crippen molar-refractivity contribution in [2.75, 3.05) is 27.8 Å². The van der Waals surface area contributed by atoms with Crippen LogP contribution >= 0.6 is 11.8 Å². The van der Waals surface area contributed by atoms with Crippen LogP contribution in [0.5, 0.6) is 11.5 Å². The molecule has 0 spiro atoms. The van der Waals surface area contributed by atoms with Gasteiger partial charge in [0.1, 0.15) is 0 Å². The van der Waals surface area contributed by atoms with E-state index in [1.807, 2.05) is 42.3 Å². The molecule has 0 aliphatic carbocycles. The van der Waals surface area contributed by atoms with E-state index in [0.29, 0.717) is 6.54 Å². The van der Waals surface area contributed by atoms with Crippen molar-refractivity contribution in [3.63, 3.8) is 0 Å². The minimum absolute atomic E-state index is 0.00666. The Hall–Kier alpha value is -2.14. The monoisotopic (exact) mass is 357 g/mol. The van der Waals surface area contributed by atoms with Crippen molar-refractivity contribution < 1.29 is 14.3 Å². The molecule has 132 valence electrons. The van der Waals surface area contributed by atoms with E-state index < -0.39 is 0 Å². The minimum Gasteiger partial charge on any atom is -0.493 e. The van der Waals surface area contributed by atoms with Crippen molar-refractivity contribution in [3.05, 3.63) is 53.6 Å². The molecule has 2 aromatic rings. The number of carbonyl (C=O) groups excluding carboxylic acids is 1. The number of ether oxygens (including phenoxy) is 2. The predicted octanol–water partition coefficient (Wildman–Crippen LogP) is 3.42. The Balaban J connectivity index is 1.58. The summed E-state index contributed by atoms with van der Waals surface area (Å²) in [6.07, 6.45) is 1.60. The maximum Gasteiger partial charge on any atom is 0.236 e. The number of likely N-dealkylation sites (N-methyl/N-ethyl adjacent to an activating group) is 1. The largest absolute Gasteiger partial charge is 0.493 e. The van der Waals surface area contributed by atoms with Crippen molar-refractivity contribution in [3.8, 4) is 11.5 Å². The van der Waals surface area contributed by atoms with Gasteiger partial charge in [-0.15, -0.1) is 11.8 Å². The average molecular weight is 357 g/mol. The van der Waals surface area contributed by atoms with Gasteiger partial charge in [0.25, 0.3) is 0 Å². The summed E-state index contributed by atoms with van der Waals surface area (Å²) < 4.78 is 10.6. The number of fused-ring (bicyclic) bond motifs is 1.